The van der Waals surface area contributed by atoms with Crippen LogP contribution in [0.15, 0.2) is 23.4 Å². The standard InChI is InChI=1S/C11H14F3N3O/c1-17(6-10(13)14)5-7-2-3-8(12)4-9(7)11(15)16-18/h2-4,10,18H,5-6H2,1H3,(H2,15,16). The summed E-state index contributed by atoms with van der Waals surface area (Å²) in [4.78, 5) is 1.37. The molecule has 0 bridgehead atoms. The van der Waals surface area contributed by atoms with E-state index in [1.807, 2.05) is 0 Å². The summed E-state index contributed by atoms with van der Waals surface area (Å²) in [6, 6.07) is 3.71. The van der Waals surface area contributed by atoms with E-state index in [0.29, 0.717) is 5.56 Å². The first-order chi connectivity index (χ1) is 8.43. The van der Waals surface area contributed by atoms with Crippen LogP contribution < -0.4 is 5.73 Å². The van der Waals surface area contributed by atoms with Crippen LogP contribution in [0, 0.1) is 5.82 Å². The Morgan fingerprint density at radius 1 is 1.50 bits per heavy atom. The monoisotopic (exact) mass is 261 g/mol. The van der Waals surface area contributed by atoms with Crippen molar-refractivity contribution < 1.29 is 18.4 Å². The Labute approximate surface area is 102 Å². The lowest BCUT2D eigenvalue weighted by Crippen LogP contribution is -2.26. The van der Waals surface area contributed by atoms with Gasteiger partial charge in [-0.2, -0.15) is 0 Å². The summed E-state index contributed by atoms with van der Waals surface area (Å²) in [7, 11) is 1.51. The average Bonchev–Trinajstić information content (AvgIpc) is 2.29. The van der Waals surface area contributed by atoms with Crippen molar-refractivity contribution in [2.24, 2.45) is 10.9 Å². The maximum absolute atomic E-state index is 13.1. The zero-order chi connectivity index (χ0) is 13.7. The van der Waals surface area contributed by atoms with Gasteiger partial charge in [-0.3, -0.25) is 4.90 Å². The number of nitrogens with zero attached hydrogens (tertiary/aromatic N) is 2. The van der Waals surface area contributed by atoms with Gasteiger partial charge in [-0.25, -0.2) is 13.2 Å². The van der Waals surface area contributed by atoms with E-state index in [0.717, 1.165) is 6.07 Å². The Balaban J connectivity index is 2.94. The Hall–Kier alpha value is -1.76. The number of hydrogen-bond donors (Lipinski definition) is 2. The third kappa shape index (κ3) is 3.92. The van der Waals surface area contributed by atoms with Gasteiger partial charge in [0.15, 0.2) is 5.84 Å². The van der Waals surface area contributed by atoms with E-state index in [1.165, 1.54) is 24.1 Å². The topological polar surface area (TPSA) is 61.8 Å². The van der Waals surface area contributed by atoms with E-state index in [9.17, 15) is 13.2 Å². The molecule has 0 aromatic heterocycles. The van der Waals surface area contributed by atoms with Gasteiger partial charge in [0.2, 0.25) is 0 Å². The molecule has 0 aliphatic carbocycles. The van der Waals surface area contributed by atoms with Gasteiger partial charge < -0.3 is 10.9 Å². The van der Waals surface area contributed by atoms with Crippen molar-refractivity contribution in [2.75, 3.05) is 13.6 Å². The first-order valence-electron chi connectivity index (χ1n) is 5.17. The van der Waals surface area contributed by atoms with E-state index in [-0.39, 0.29) is 17.9 Å². The second-order valence-electron chi connectivity index (χ2n) is 3.87. The van der Waals surface area contributed by atoms with E-state index < -0.39 is 18.8 Å². The maximum Gasteiger partial charge on any atom is 0.251 e. The van der Waals surface area contributed by atoms with Crippen molar-refractivity contribution in [3.63, 3.8) is 0 Å². The van der Waals surface area contributed by atoms with Gasteiger partial charge in [0.25, 0.3) is 6.43 Å². The molecule has 100 valence electrons. The molecule has 0 saturated carbocycles. The van der Waals surface area contributed by atoms with Crippen LogP contribution in [0.5, 0.6) is 0 Å². The highest BCUT2D eigenvalue weighted by Crippen LogP contribution is 2.14. The first kappa shape index (κ1) is 14.3. The molecule has 1 aromatic carbocycles. The Morgan fingerprint density at radius 3 is 2.72 bits per heavy atom. The average molecular weight is 261 g/mol. The van der Waals surface area contributed by atoms with Gasteiger partial charge >= 0.3 is 0 Å². The number of hydrogen-bond acceptors (Lipinski definition) is 3. The van der Waals surface area contributed by atoms with Gasteiger partial charge in [-0.1, -0.05) is 11.2 Å². The molecule has 1 rings (SSSR count). The van der Waals surface area contributed by atoms with Crippen LogP contribution in [-0.2, 0) is 6.54 Å². The Kier molecular flexibility index (Phi) is 4.96. The number of halogens is 3. The van der Waals surface area contributed by atoms with E-state index in [4.69, 9.17) is 10.9 Å². The van der Waals surface area contributed by atoms with E-state index in [2.05, 4.69) is 5.16 Å². The molecule has 0 amide bonds. The molecule has 0 spiro atoms. The van der Waals surface area contributed by atoms with Gasteiger partial charge in [0.1, 0.15) is 5.82 Å². The van der Waals surface area contributed by atoms with Crippen LogP contribution in [0.4, 0.5) is 13.2 Å². The molecular weight excluding hydrogens is 247 g/mol. The summed E-state index contributed by atoms with van der Waals surface area (Å²) < 4.78 is 37.4. The first-order valence-corrected chi connectivity index (χ1v) is 5.17. The molecule has 0 heterocycles. The summed E-state index contributed by atoms with van der Waals surface area (Å²) in [5.41, 5.74) is 6.11. The molecule has 18 heavy (non-hydrogen) atoms. The second kappa shape index (κ2) is 6.25. The predicted molar refractivity (Wildman–Crippen MR) is 61.2 cm³/mol. The fourth-order valence-electron chi connectivity index (χ4n) is 1.57. The Morgan fingerprint density at radius 2 is 2.17 bits per heavy atom. The minimum absolute atomic E-state index is 0.149. The number of benzene rings is 1. The number of alkyl halides is 2. The lowest BCUT2D eigenvalue weighted by molar-refractivity contribution is 0.0975. The van der Waals surface area contributed by atoms with Crippen LogP contribution in [0.2, 0.25) is 0 Å². The molecular formula is C11H14F3N3O. The predicted octanol–water partition coefficient (Wildman–Crippen LogP) is 1.62. The molecule has 0 saturated heterocycles. The molecule has 0 fully saturated rings. The van der Waals surface area contributed by atoms with Crippen molar-refractivity contribution >= 4 is 5.84 Å². The minimum atomic E-state index is -2.46. The van der Waals surface area contributed by atoms with Gasteiger partial charge in [-0.15, -0.1) is 0 Å². The number of amidine groups is 1. The molecule has 0 radical (unpaired) electrons. The SMILES string of the molecule is CN(Cc1ccc(F)cc1/C(N)=N/O)CC(F)F. The van der Waals surface area contributed by atoms with Gasteiger partial charge in [0.05, 0.1) is 6.54 Å². The quantitative estimate of drug-likeness (QED) is 0.366. The minimum Gasteiger partial charge on any atom is -0.409 e. The summed E-state index contributed by atoms with van der Waals surface area (Å²) in [5.74, 6) is -0.799. The van der Waals surface area contributed by atoms with Crippen LogP contribution in [0.3, 0.4) is 0 Å². The molecule has 7 heteroatoms. The lowest BCUT2D eigenvalue weighted by Gasteiger charge is -2.18. The second-order valence-corrected chi connectivity index (χ2v) is 3.87. The summed E-state index contributed by atoms with van der Waals surface area (Å²) in [5, 5.41) is 11.4. The molecule has 4 nitrogen and oxygen atoms in total. The molecule has 1 aromatic rings. The zero-order valence-corrected chi connectivity index (χ0v) is 9.78. The van der Waals surface area contributed by atoms with Crippen LogP contribution in [0.25, 0.3) is 0 Å². The molecule has 3 N–H and O–H groups in total. The largest absolute Gasteiger partial charge is 0.409 e. The van der Waals surface area contributed by atoms with Crippen LogP contribution >= 0.6 is 0 Å². The van der Waals surface area contributed by atoms with Gasteiger partial charge in [0, 0.05) is 12.1 Å². The van der Waals surface area contributed by atoms with E-state index in [1.54, 1.807) is 0 Å². The van der Waals surface area contributed by atoms with Crippen LogP contribution in [0.1, 0.15) is 11.1 Å². The third-order valence-corrected chi connectivity index (χ3v) is 2.35. The van der Waals surface area contributed by atoms with Crippen LogP contribution in [-0.4, -0.2) is 36.0 Å². The molecule has 0 aliphatic rings. The highest BCUT2D eigenvalue weighted by molar-refractivity contribution is 5.98. The highest BCUT2D eigenvalue weighted by atomic mass is 19.3. The van der Waals surface area contributed by atoms with Crippen molar-refractivity contribution in [1.29, 1.82) is 0 Å². The lowest BCUT2D eigenvalue weighted by atomic mass is 10.1. The van der Waals surface area contributed by atoms with Crippen molar-refractivity contribution in [3.8, 4) is 0 Å². The normalized spacial score (nSPS) is 12.4. The number of rotatable bonds is 5. The molecule has 0 aliphatic heterocycles. The zero-order valence-electron chi connectivity index (χ0n) is 9.78. The smallest absolute Gasteiger partial charge is 0.251 e. The Bertz CT molecular complexity index is 438. The van der Waals surface area contributed by atoms with E-state index >= 15 is 0 Å². The third-order valence-electron chi connectivity index (χ3n) is 2.35. The molecule has 0 unspecified atom stereocenters. The van der Waals surface area contributed by atoms with Crippen molar-refractivity contribution in [3.05, 3.63) is 35.1 Å². The number of oxime groups is 1. The fourth-order valence-corrected chi connectivity index (χ4v) is 1.57. The summed E-state index contributed by atoms with van der Waals surface area (Å²) in [6.07, 6.45) is -2.46. The molecule has 0 atom stereocenters. The summed E-state index contributed by atoms with van der Waals surface area (Å²) in [6.45, 7) is -0.261. The summed E-state index contributed by atoms with van der Waals surface area (Å²) >= 11 is 0. The maximum atomic E-state index is 13.1. The van der Waals surface area contributed by atoms with Crippen molar-refractivity contribution in [2.45, 2.75) is 13.0 Å². The van der Waals surface area contributed by atoms with Gasteiger partial charge in [-0.05, 0) is 24.7 Å². The number of nitrogens with two attached hydrogens (primary N) is 1. The highest BCUT2D eigenvalue weighted by Gasteiger charge is 2.13. The fraction of sp³-hybridized carbons (Fsp3) is 0.364. The van der Waals surface area contributed by atoms with Crippen molar-refractivity contribution in [1.82, 2.24) is 4.90 Å².